The number of carbonyl (C=O) groups is 1. The van der Waals surface area contributed by atoms with Crippen LogP contribution >= 0.6 is 0 Å². The molecule has 2 heterocycles. The van der Waals surface area contributed by atoms with Gasteiger partial charge in [0.05, 0.1) is 13.2 Å². The molecule has 0 aliphatic carbocycles. The van der Waals surface area contributed by atoms with Gasteiger partial charge in [-0.05, 0) is 54.8 Å². The van der Waals surface area contributed by atoms with Crippen LogP contribution in [0.15, 0.2) is 0 Å². The van der Waals surface area contributed by atoms with Crippen LogP contribution in [-0.2, 0) is 23.7 Å². The first-order valence-electron chi connectivity index (χ1n) is 8.81. The van der Waals surface area contributed by atoms with Gasteiger partial charge in [-0.3, -0.25) is 0 Å². The SMILES string of the molecule is CN(C)CCCNC(=O)OC(C1COC(C)(C)O1)C1COC(C)(C)O1. The monoisotopic (exact) mass is 360 g/mol. The van der Waals surface area contributed by atoms with Crippen molar-refractivity contribution in [2.75, 3.05) is 40.4 Å². The lowest BCUT2D eigenvalue weighted by molar-refractivity contribution is -0.178. The third kappa shape index (κ3) is 6.38. The average molecular weight is 360 g/mol. The molecule has 0 aromatic rings. The highest BCUT2D eigenvalue weighted by Crippen LogP contribution is 2.32. The van der Waals surface area contributed by atoms with Gasteiger partial charge in [-0.15, -0.1) is 0 Å². The van der Waals surface area contributed by atoms with Crippen LogP contribution < -0.4 is 5.32 Å². The van der Waals surface area contributed by atoms with Gasteiger partial charge >= 0.3 is 6.09 Å². The Hall–Kier alpha value is -0.930. The van der Waals surface area contributed by atoms with Crippen molar-refractivity contribution in [2.24, 2.45) is 0 Å². The highest BCUT2D eigenvalue weighted by Gasteiger charge is 2.47. The molecule has 2 aliphatic rings. The molecule has 0 bridgehead atoms. The Balaban J connectivity index is 1.92. The Morgan fingerprint density at radius 3 is 2.04 bits per heavy atom. The Labute approximate surface area is 150 Å². The van der Waals surface area contributed by atoms with E-state index >= 15 is 0 Å². The van der Waals surface area contributed by atoms with Crippen LogP contribution in [0.5, 0.6) is 0 Å². The third-order valence-corrected chi connectivity index (χ3v) is 4.09. The Morgan fingerprint density at radius 1 is 1.12 bits per heavy atom. The van der Waals surface area contributed by atoms with E-state index in [2.05, 4.69) is 10.2 Å². The fourth-order valence-electron chi connectivity index (χ4n) is 2.90. The highest BCUT2D eigenvalue weighted by molar-refractivity contribution is 5.67. The van der Waals surface area contributed by atoms with Crippen molar-refractivity contribution in [2.45, 2.75) is 64.0 Å². The first-order chi connectivity index (χ1) is 11.6. The van der Waals surface area contributed by atoms with Crippen molar-refractivity contribution in [1.82, 2.24) is 10.2 Å². The molecule has 0 saturated carbocycles. The van der Waals surface area contributed by atoms with Gasteiger partial charge in [0.15, 0.2) is 17.7 Å². The number of hydrogen-bond acceptors (Lipinski definition) is 7. The summed E-state index contributed by atoms with van der Waals surface area (Å²) in [5, 5.41) is 2.78. The molecule has 25 heavy (non-hydrogen) atoms. The summed E-state index contributed by atoms with van der Waals surface area (Å²) in [6.45, 7) is 9.46. The summed E-state index contributed by atoms with van der Waals surface area (Å²) >= 11 is 0. The number of nitrogens with one attached hydrogen (secondary N) is 1. The minimum Gasteiger partial charge on any atom is -0.440 e. The molecule has 2 rings (SSSR count). The van der Waals surface area contributed by atoms with Gasteiger partial charge in [0.2, 0.25) is 0 Å². The number of hydrogen-bond donors (Lipinski definition) is 1. The first-order valence-corrected chi connectivity index (χ1v) is 8.81. The third-order valence-electron chi connectivity index (χ3n) is 4.09. The maximum absolute atomic E-state index is 12.2. The van der Waals surface area contributed by atoms with Gasteiger partial charge in [-0.25, -0.2) is 4.79 Å². The van der Waals surface area contributed by atoms with E-state index in [1.165, 1.54) is 0 Å². The molecule has 2 aliphatic heterocycles. The Kier molecular flexibility index (Phi) is 6.67. The van der Waals surface area contributed by atoms with Gasteiger partial charge in [0.1, 0.15) is 12.2 Å². The van der Waals surface area contributed by atoms with Crippen LogP contribution in [0.3, 0.4) is 0 Å². The summed E-state index contributed by atoms with van der Waals surface area (Å²) < 4.78 is 28.6. The predicted molar refractivity (Wildman–Crippen MR) is 91.3 cm³/mol. The standard InChI is InChI=1S/C17H32N2O6/c1-16(2)21-10-12(24-16)14(13-11-22-17(3,4)25-13)23-15(20)18-8-7-9-19(5)6/h12-14H,7-11H2,1-6H3,(H,18,20). The van der Waals surface area contributed by atoms with Crippen molar-refractivity contribution in [1.29, 1.82) is 0 Å². The van der Waals surface area contributed by atoms with Gasteiger partial charge in [-0.2, -0.15) is 0 Å². The lowest BCUT2D eigenvalue weighted by atomic mass is 10.1. The number of amides is 1. The predicted octanol–water partition coefficient (Wildman–Crippen LogP) is 1.34. The van der Waals surface area contributed by atoms with Crippen LogP contribution in [0.2, 0.25) is 0 Å². The van der Waals surface area contributed by atoms with E-state index in [4.69, 9.17) is 23.7 Å². The van der Waals surface area contributed by atoms with Gasteiger partial charge in [0.25, 0.3) is 0 Å². The van der Waals surface area contributed by atoms with Crippen LogP contribution in [0.25, 0.3) is 0 Å². The number of alkyl carbamates (subject to hydrolysis) is 1. The first kappa shape index (κ1) is 20.4. The van der Waals surface area contributed by atoms with Crippen molar-refractivity contribution in [3.8, 4) is 0 Å². The van der Waals surface area contributed by atoms with Crippen molar-refractivity contribution in [3.63, 3.8) is 0 Å². The Morgan fingerprint density at radius 2 is 1.64 bits per heavy atom. The van der Waals surface area contributed by atoms with E-state index in [0.717, 1.165) is 13.0 Å². The van der Waals surface area contributed by atoms with Gasteiger partial charge in [0, 0.05) is 6.54 Å². The molecule has 2 atom stereocenters. The number of ether oxygens (including phenoxy) is 5. The molecule has 2 saturated heterocycles. The molecule has 2 fully saturated rings. The van der Waals surface area contributed by atoms with Crippen LogP contribution in [0.4, 0.5) is 4.79 Å². The topological polar surface area (TPSA) is 78.5 Å². The zero-order valence-electron chi connectivity index (χ0n) is 16.2. The second-order valence-corrected chi connectivity index (χ2v) is 7.69. The molecule has 8 heteroatoms. The summed E-state index contributed by atoms with van der Waals surface area (Å²) in [5.41, 5.74) is 0. The van der Waals surface area contributed by atoms with E-state index < -0.39 is 36.0 Å². The molecule has 8 nitrogen and oxygen atoms in total. The molecular formula is C17H32N2O6. The smallest absolute Gasteiger partial charge is 0.407 e. The normalized spacial score (nSPS) is 28.9. The maximum Gasteiger partial charge on any atom is 0.407 e. The number of rotatable bonds is 7. The molecule has 0 spiro atoms. The van der Waals surface area contributed by atoms with E-state index in [1.54, 1.807) is 0 Å². The highest BCUT2D eigenvalue weighted by atomic mass is 16.8. The molecular weight excluding hydrogens is 328 g/mol. The van der Waals surface area contributed by atoms with Gasteiger partial charge < -0.3 is 33.9 Å². The quantitative estimate of drug-likeness (QED) is 0.686. The molecule has 1 amide bonds. The van der Waals surface area contributed by atoms with Crippen molar-refractivity contribution in [3.05, 3.63) is 0 Å². The lowest BCUT2D eigenvalue weighted by Crippen LogP contribution is -2.47. The summed E-state index contributed by atoms with van der Waals surface area (Å²) in [6.07, 6.45) is -1.03. The molecule has 0 aromatic heterocycles. The maximum atomic E-state index is 12.2. The second kappa shape index (κ2) is 8.18. The fourth-order valence-corrected chi connectivity index (χ4v) is 2.90. The van der Waals surface area contributed by atoms with E-state index in [1.807, 2.05) is 41.8 Å². The summed E-state index contributed by atoms with van der Waals surface area (Å²) in [4.78, 5) is 14.3. The largest absolute Gasteiger partial charge is 0.440 e. The molecule has 146 valence electrons. The van der Waals surface area contributed by atoms with Crippen LogP contribution in [0.1, 0.15) is 34.1 Å². The minimum atomic E-state index is -0.705. The molecule has 2 unspecified atom stereocenters. The molecule has 0 aromatic carbocycles. The second-order valence-electron chi connectivity index (χ2n) is 7.69. The number of carbonyl (C=O) groups excluding carboxylic acids is 1. The molecule has 1 N–H and O–H groups in total. The fraction of sp³-hybridized carbons (Fsp3) is 0.941. The van der Waals surface area contributed by atoms with E-state index in [0.29, 0.717) is 19.8 Å². The lowest BCUT2D eigenvalue weighted by Gasteiger charge is -2.28. The van der Waals surface area contributed by atoms with Gasteiger partial charge in [-0.1, -0.05) is 0 Å². The zero-order valence-corrected chi connectivity index (χ0v) is 16.2. The van der Waals surface area contributed by atoms with Crippen LogP contribution in [-0.4, -0.2) is 81.3 Å². The Bertz CT molecular complexity index is 428. The summed E-state index contributed by atoms with van der Waals surface area (Å²) in [7, 11) is 3.99. The van der Waals surface area contributed by atoms with Crippen molar-refractivity contribution >= 4 is 6.09 Å². The van der Waals surface area contributed by atoms with E-state index in [9.17, 15) is 4.79 Å². The van der Waals surface area contributed by atoms with Crippen molar-refractivity contribution < 1.29 is 28.5 Å². The van der Waals surface area contributed by atoms with E-state index in [-0.39, 0.29) is 0 Å². The zero-order chi connectivity index (χ0) is 18.7. The average Bonchev–Trinajstić information content (AvgIpc) is 3.03. The van der Waals surface area contributed by atoms with Crippen LogP contribution in [0, 0.1) is 0 Å². The summed E-state index contributed by atoms with van der Waals surface area (Å²) in [6, 6.07) is 0. The molecule has 0 radical (unpaired) electrons. The summed E-state index contributed by atoms with van der Waals surface area (Å²) in [5.74, 6) is -1.41. The minimum absolute atomic E-state index is 0.339. The number of nitrogens with zero attached hydrogens (tertiary/aromatic N) is 1.